The molecule has 1 amide bonds. The van der Waals surface area contributed by atoms with Gasteiger partial charge in [0.2, 0.25) is 0 Å². The Hall–Kier alpha value is -2.77. The quantitative estimate of drug-likeness (QED) is 0.773. The molecule has 2 aromatic rings. The average molecular weight is 277 g/mol. The summed E-state index contributed by atoms with van der Waals surface area (Å²) in [6, 6.07) is 16.0. The lowest BCUT2D eigenvalue weighted by atomic mass is 10.0. The Labute approximate surface area is 123 Å². The van der Waals surface area contributed by atoms with Crippen LogP contribution >= 0.6 is 0 Å². The largest absolute Gasteiger partial charge is 0.452 e. The molecule has 0 fully saturated rings. The van der Waals surface area contributed by atoms with Crippen LogP contribution in [0, 0.1) is 0 Å². The zero-order valence-corrected chi connectivity index (χ0v) is 11.7. The van der Waals surface area contributed by atoms with Crippen molar-refractivity contribution >= 4 is 6.09 Å². The van der Waals surface area contributed by atoms with Crippen LogP contribution in [-0.2, 0) is 4.74 Å². The van der Waals surface area contributed by atoms with Gasteiger partial charge in [-0.15, -0.1) is 5.73 Å². The minimum Gasteiger partial charge on any atom is -0.452 e. The van der Waals surface area contributed by atoms with Crippen molar-refractivity contribution in [3.8, 4) is 11.1 Å². The van der Waals surface area contributed by atoms with E-state index in [1.165, 1.54) is 18.2 Å². The molecule has 0 radical (unpaired) electrons. The Balaban J connectivity index is 2.22. The van der Waals surface area contributed by atoms with Gasteiger partial charge in [-0.2, -0.15) is 0 Å². The summed E-state index contributed by atoms with van der Waals surface area (Å²) in [4.78, 5) is 13.6. The first-order valence-electron chi connectivity index (χ1n) is 6.68. The molecule has 3 nitrogen and oxygen atoms in total. The summed E-state index contributed by atoms with van der Waals surface area (Å²) in [5.41, 5.74) is 7.12. The van der Waals surface area contributed by atoms with Crippen molar-refractivity contribution < 1.29 is 9.53 Å². The fourth-order valence-corrected chi connectivity index (χ4v) is 2.87. The summed E-state index contributed by atoms with van der Waals surface area (Å²) < 4.78 is 4.90. The Bertz CT molecular complexity index is 699. The maximum absolute atomic E-state index is 12.1. The highest BCUT2D eigenvalue weighted by Gasteiger charge is 2.34. The molecule has 0 saturated heterocycles. The second-order valence-corrected chi connectivity index (χ2v) is 4.79. The lowest BCUT2D eigenvalue weighted by Crippen LogP contribution is -2.29. The predicted octanol–water partition coefficient (Wildman–Crippen LogP) is 4.12. The van der Waals surface area contributed by atoms with Crippen molar-refractivity contribution in [1.29, 1.82) is 0 Å². The molecule has 0 aliphatic heterocycles. The van der Waals surface area contributed by atoms with Gasteiger partial charge >= 0.3 is 6.09 Å². The van der Waals surface area contributed by atoms with E-state index in [-0.39, 0.29) is 6.04 Å². The van der Waals surface area contributed by atoms with Crippen molar-refractivity contribution in [2.45, 2.75) is 6.04 Å². The van der Waals surface area contributed by atoms with Gasteiger partial charge in [0.25, 0.3) is 0 Å². The van der Waals surface area contributed by atoms with Gasteiger partial charge in [-0.05, 0) is 22.3 Å². The number of methoxy groups -OCH3 is 1. The van der Waals surface area contributed by atoms with Crippen LogP contribution in [-0.4, -0.2) is 18.1 Å². The Morgan fingerprint density at radius 3 is 2.14 bits per heavy atom. The highest BCUT2D eigenvalue weighted by molar-refractivity contribution is 5.81. The van der Waals surface area contributed by atoms with Gasteiger partial charge in [0.05, 0.1) is 19.4 Å². The zero-order chi connectivity index (χ0) is 14.8. The number of nitrogens with zero attached hydrogens (tertiary/aromatic N) is 1. The number of amides is 1. The van der Waals surface area contributed by atoms with Gasteiger partial charge in [0.15, 0.2) is 0 Å². The number of hydrogen-bond donors (Lipinski definition) is 0. The van der Waals surface area contributed by atoms with Crippen LogP contribution in [0.2, 0.25) is 0 Å². The van der Waals surface area contributed by atoms with Crippen LogP contribution in [0.25, 0.3) is 11.1 Å². The van der Waals surface area contributed by atoms with Gasteiger partial charge in [0.1, 0.15) is 0 Å². The molecular formula is C18H15NO2. The molecule has 0 atom stereocenters. The van der Waals surface area contributed by atoms with E-state index in [0.29, 0.717) is 0 Å². The first-order valence-corrected chi connectivity index (χ1v) is 6.68. The van der Waals surface area contributed by atoms with Gasteiger partial charge in [0, 0.05) is 0 Å². The van der Waals surface area contributed by atoms with Gasteiger partial charge in [-0.3, -0.25) is 4.90 Å². The summed E-state index contributed by atoms with van der Waals surface area (Å²) >= 11 is 0. The molecule has 1 aliphatic carbocycles. The van der Waals surface area contributed by atoms with Gasteiger partial charge < -0.3 is 4.74 Å². The van der Waals surface area contributed by atoms with E-state index >= 15 is 0 Å². The van der Waals surface area contributed by atoms with Crippen LogP contribution < -0.4 is 0 Å². The second-order valence-electron chi connectivity index (χ2n) is 4.79. The van der Waals surface area contributed by atoms with Crippen LogP contribution in [0.3, 0.4) is 0 Å². The third-order valence-corrected chi connectivity index (χ3v) is 3.69. The van der Waals surface area contributed by atoms with Crippen molar-refractivity contribution in [3.05, 3.63) is 78.2 Å². The topological polar surface area (TPSA) is 29.5 Å². The number of carbonyl (C=O) groups excluding carboxylic acids is 1. The molecule has 3 rings (SSSR count). The maximum atomic E-state index is 12.1. The molecule has 0 bridgehead atoms. The molecule has 0 spiro atoms. The van der Waals surface area contributed by atoms with Crippen LogP contribution in [0.1, 0.15) is 17.2 Å². The SMILES string of the molecule is C=C=CN(C(=O)OC)C1c2ccccc2-c2ccccc21. The number of carbonyl (C=O) groups is 1. The first kappa shape index (κ1) is 13.2. The van der Waals surface area contributed by atoms with E-state index in [9.17, 15) is 4.79 Å². The molecule has 104 valence electrons. The molecule has 2 aromatic carbocycles. The highest BCUT2D eigenvalue weighted by Crippen LogP contribution is 2.46. The smallest absolute Gasteiger partial charge is 0.414 e. The summed E-state index contributed by atoms with van der Waals surface area (Å²) in [6.45, 7) is 3.57. The van der Waals surface area contributed by atoms with E-state index in [1.54, 1.807) is 0 Å². The summed E-state index contributed by atoms with van der Waals surface area (Å²) in [7, 11) is 1.37. The monoisotopic (exact) mass is 277 g/mol. The summed E-state index contributed by atoms with van der Waals surface area (Å²) in [6.07, 6.45) is 1.11. The van der Waals surface area contributed by atoms with E-state index in [4.69, 9.17) is 4.74 Å². The third-order valence-electron chi connectivity index (χ3n) is 3.69. The fourth-order valence-electron chi connectivity index (χ4n) is 2.87. The van der Waals surface area contributed by atoms with E-state index < -0.39 is 6.09 Å². The minimum absolute atomic E-state index is 0.209. The van der Waals surface area contributed by atoms with Crippen LogP contribution in [0.5, 0.6) is 0 Å². The minimum atomic E-state index is -0.428. The Morgan fingerprint density at radius 2 is 1.67 bits per heavy atom. The number of ether oxygens (including phenoxy) is 1. The first-order chi connectivity index (χ1) is 10.3. The molecule has 1 aliphatic rings. The normalized spacial score (nSPS) is 12.0. The predicted molar refractivity (Wildman–Crippen MR) is 81.7 cm³/mol. The highest BCUT2D eigenvalue weighted by atomic mass is 16.5. The number of fused-ring (bicyclic) bond motifs is 3. The van der Waals surface area contributed by atoms with E-state index in [0.717, 1.165) is 22.3 Å². The molecule has 0 aromatic heterocycles. The van der Waals surface area contributed by atoms with Gasteiger partial charge in [-0.25, -0.2) is 4.79 Å². The number of benzene rings is 2. The molecule has 3 heteroatoms. The van der Waals surface area contributed by atoms with Crippen molar-refractivity contribution in [1.82, 2.24) is 4.90 Å². The van der Waals surface area contributed by atoms with Gasteiger partial charge in [-0.1, -0.05) is 55.1 Å². The molecule has 0 unspecified atom stereocenters. The number of rotatable bonds is 2. The van der Waals surface area contributed by atoms with E-state index in [2.05, 4.69) is 24.4 Å². The number of hydrogen-bond acceptors (Lipinski definition) is 2. The standard InChI is InChI=1S/C18H15NO2/c1-3-12-19(18(20)21-2)17-15-10-6-4-8-13(15)14-9-5-7-11-16(14)17/h4-12,17H,1H2,2H3. The summed E-state index contributed by atoms with van der Waals surface area (Å²) in [5.74, 6) is 0. The molecule has 21 heavy (non-hydrogen) atoms. The lowest BCUT2D eigenvalue weighted by Gasteiger charge is -2.25. The maximum Gasteiger partial charge on any atom is 0.414 e. The van der Waals surface area contributed by atoms with Crippen molar-refractivity contribution in [2.75, 3.05) is 7.11 Å². The lowest BCUT2D eigenvalue weighted by molar-refractivity contribution is 0.132. The molecule has 0 saturated carbocycles. The Morgan fingerprint density at radius 1 is 1.14 bits per heavy atom. The second kappa shape index (κ2) is 5.31. The van der Waals surface area contributed by atoms with Crippen LogP contribution in [0.15, 0.2) is 67.0 Å². The molecular weight excluding hydrogens is 262 g/mol. The Kier molecular flexibility index (Phi) is 3.35. The van der Waals surface area contributed by atoms with Crippen LogP contribution in [0.4, 0.5) is 4.79 Å². The van der Waals surface area contributed by atoms with Crippen molar-refractivity contribution in [2.24, 2.45) is 0 Å². The zero-order valence-electron chi connectivity index (χ0n) is 11.7. The molecule has 0 heterocycles. The molecule has 0 N–H and O–H groups in total. The third kappa shape index (κ3) is 2.04. The van der Waals surface area contributed by atoms with E-state index in [1.807, 2.05) is 36.4 Å². The fraction of sp³-hybridized carbons (Fsp3) is 0.111. The average Bonchev–Trinajstić information content (AvgIpc) is 2.86. The summed E-state index contributed by atoms with van der Waals surface area (Å²) in [5, 5.41) is 0. The van der Waals surface area contributed by atoms with Crippen molar-refractivity contribution in [3.63, 3.8) is 0 Å².